The Morgan fingerprint density at radius 3 is 2.34 bits per heavy atom. The largest absolute Gasteiger partial charge is 0.340 e. The molecule has 0 N–H and O–H groups in total. The molecule has 1 saturated heterocycles. The van der Waals surface area contributed by atoms with Crippen LogP contribution in [0.1, 0.15) is 29.4 Å². The Balaban J connectivity index is 1.60. The summed E-state index contributed by atoms with van der Waals surface area (Å²) in [6, 6.07) is 8.14. The summed E-state index contributed by atoms with van der Waals surface area (Å²) in [5.41, 5.74) is 4.88. The molecule has 3 heterocycles. The molecule has 1 amide bonds. The first-order valence-corrected chi connectivity index (χ1v) is 10.3. The van der Waals surface area contributed by atoms with Crippen LogP contribution in [0.2, 0.25) is 0 Å². The summed E-state index contributed by atoms with van der Waals surface area (Å²) in [6.45, 7) is 12.7. The van der Waals surface area contributed by atoms with Gasteiger partial charge in [0, 0.05) is 48.7 Å². The second kappa shape index (κ2) is 7.91. The van der Waals surface area contributed by atoms with E-state index in [0.29, 0.717) is 18.0 Å². The van der Waals surface area contributed by atoms with Crippen LogP contribution in [0, 0.1) is 20.8 Å². The van der Waals surface area contributed by atoms with Gasteiger partial charge in [-0.05, 0) is 27.3 Å². The highest BCUT2D eigenvalue weighted by atomic mass is 16.2. The number of carbonyl (C=O) groups excluding carboxylic acids is 1. The molecule has 0 saturated carbocycles. The zero-order valence-electron chi connectivity index (χ0n) is 17.6. The highest BCUT2D eigenvalue weighted by Crippen LogP contribution is 2.20. The fourth-order valence-corrected chi connectivity index (χ4v) is 3.87. The number of aryl methyl sites for hydroxylation is 3. The zero-order chi connectivity index (χ0) is 20.5. The number of likely N-dealkylation sites (N-methyl/N-ethyl adjacent to an activating group) is 1. The molecule has 0 aliphatic carbocycles. The van der Waals surface area contributed by atoms with E-state index in [9.17, 15) is 4.79 Å². The van der Waals surface area contributed by atoms with Gasteiger partial charge in [0.25, 0.3) is 5.78 Å². The molecule has 152 valence electrons. The maximum absolute atomic E-state index is 12.9. The number of fused-ring (bicyclic) bond motifs is 1. The highest BCUT2D eigenvalue weighted by molar-refractivity contribution is 5.79. The van der Waals surface area contributed by atoms with Gasteiger partial charge in [-0.15, -0.1) is 5.10 Å². The second-order valence-corrected chi connectivity index (χ2v) is 7.77. The lowest BCUT2D eigenvalue weighted by Crippen LogP contribution is -2.49. The summed E-state index contributed by atoms with van der Waals surface area (Å²) in [4.78, 5) is 26.5. The van der Waals surface area contributed by atoms with E-state index in [4.69, 9.17) is 0 Å². The van der Waals surface area contributed by atoms with Crippen molar-refractivity contribution in [2.24, 2.45) is 0 Å². The zero-order valence-corrected chi connectivity index (χ0v) is 17.6. The van der Waals surface area contributed by atoms with Crippen LogP contribution in [-0.4, -0.2) is 68.0 Å². The number of hydrogen-bond donors (Lipinski definition) is 0. The molecule has 1 aliphatic heterocycles. The third kappa shape index (κ3) is 3.87. The van der Waals surface area contributed by atoms with Crippen LogP contribution < -0.4 is 0 Å². The molecule has 0 atom stereocenters. The molecule has 1 aromatic carbocycles. The van der Waals surface area contributed by atoms with Gasteiger partial charge in [0.2, 0.25) is 5.91 Å². The number of amides is 1. The Kier molecular flexibility index (Phi) is 5.32. The minimum atomic E-state index is 0.159. The van der Waals surface area contributed by atoms with E-state index < -0.39 is 0 Å². The number of nitrogens with zero attached hydrogens (tertiary/aromatic N) is 6. The fourth-order valence-electron chi connectivity index (χ4n) is 3.87. The molecule has 29 heavy (non-hydrogen) atoms. The quantitative estimate of drug-likeness (QED) is 0.682. The molecular formula is C22H28N6O. The Morgan fingerprint density at radius 1 is 1.00 bits per heavy atom. The van der Waals surface area contributed by atoms with Gasteiger partial charge < -0.3 is 9.80 Å². The molecular weight excluding hydrogens is 364 g/mol. The van der Waals surface area contributed by atoms with Crippen LogP contribution in [0.15, 0.2) is 24.3 Å². The van der Waals surface area contributed by atoms with E-state index in [1.54, 1.807) is 4.52 Å². The highest BCUT2D eigenvalue weighted by Gasteiger charge is 2.23. The van der Waals surface area contributed by atoms with Crippen molar-refractivity contribution < 1.29 is 4.79 Å². The van der Waals surface area contributed by atoms with Crippen LogP contribution in [-0.2, 0) is 11.2 Å². The lowest BCUT2D eigenvalue weighted by molar-refractivity contribution is -0.132. The van der Waals surface area contributed by atoms with Crippen LogP contribution >= 0.6 is 0 Å². The molecule has 0 bridgehead atoms. The predicted octanol–water partition coefficient (Wildman–Crippen LogP) is 2.42. The molecule has 7 nitrogen and oxygen atoms in total. The standard InChI is InChI=1S/C22H28N6O/c1-5-26-10-12-27(13-11-26)20(29)14-19-16(3)23-22-24-21(25-28(22)17(19)4)18-8-6-15(2)7-9-18/h6-9H,5,10-14H2,1-4H3. The third-order valence-electron chi connectivity index (χ3n) is 5.86. The summed E-state index contributed by atoms with van der Waals surface area (Å²) in [7, 11) is 0. The van der Waals surface area contributed by atoms with Crippen molar-refractivity contribution in [2.75, 3.05) is 32.7 Å². The maximum atomic E-state index is 12.9. The average molecular weight is 393 g/mol. The summed E-state index contributed by atoms with van der Waals surface area (Å²) in [6.07, 6.45) is 0.354. The van der Waals surface area contributed by atoms with Crippen molar-refractivity contribution in [1.29, 1.82) is 0 Å². The summed E-state index contributed by atoms with van der Waals surface area (Å²) in [5.74, 6) is 1.38. The topological polar surface area (TPSA) is 66.6 Å². The molecule has 0 spiro atoms. The summed E-state index contributed by atoms with van der Waals surface area (Å²) in [5, 5.41) is 4.67. The molecule has 7 heteroatoms. The lowest BCUT2D eigenvalue weighted by Gasteiger charge is -2.34. The van der Waals surface area contributed by atoms with Crippen molar-refractivity contribution in [3.8, 4) is 11.4 Å². The van der Waals surface area contributed by atoms with E-state index >= 15 is 0 Å². The Morgan fingerprint density at radius 2 is 1.69 bits per heavy atom. The van der Waals surface area contributed by atoms with Gasteiger partial charge in [0.05, 0.1) is 6.42 Å². The van der Waals surface area contributed by atoms with Gasteiger partial charge in [-0.2, -0.15) is 4.98 Å². The first-order valence-electron chi connectivity index (χ1n) is 10.3. The Labute approximate surface area is 171 Å². The average Bonchev–Trinajstić information content (AvgIpc) is 3.15. The monoisotopic (exact) mass is 392 g/mol. The van der Waals surface area contributed by atoms with Crippen LogP contribution in [0.3, 0.4) is 0 Å². The van der Waals surface area contributed by atoms with Gasteiger partial charge in [0.15, 0.2) is 5.82 Å². The smallest absolute Gasteiger partial charge is 0.253 e. The van der Waals surface area contributed by atoms with E-state index in [1.165, 1.54) is 5.56 Å². The van der Waals surface area contributed by atoms with Gasteiger partial charge >= 0.3 is 0 Å². The first kappa shape index (κ1) is 19.5. The number of aromatic nitrogens is 4. The molecule has 0 unspecified atom stereocenters. The number of hydrogen-bond acceptors (Lipinski definition) is 5. The molecule has 1 aliphatic rings. The molecule has 4 rings (SSSR count). The van der Waals surface area contributed by atoms with Crippen LogP contribution in [0.4, 0.5) is 0 Å². The van der Waals surface area contributed by atoms with Gasteiger partial charge in [0.1, 0.15) is 0 Å². The lowest BCUT2D eigenvalue weighted by atomic mass is 10.1. The molecule has 3 aromatic rings. The predicted molar refractivity (Wildman–Crippen MR) is 113 cm³/mol. The van der Waals surface area contributed by atoms with Gasteiger partial charge in [-0.3, -0.25) is 4.79 Å². The number of rotatable bonds is 4. The van der Waals surface area contributed by atoms with E-state index in [0.717, 1.165) is 55.2 Å². The summed E-state index contributed by atoms with van der Waals surface area (Å²) >= 11 is 0. The van der Waals surface area contributed by atoms with E-state index in [2.05, 4.69) is 45.9 Å². The minimum absolute atomic E-state index is 0.159. The normalized spacial score (nSPS) is 15.2. The maximum Gasteiger partial charge on any atom is 0.253 e. The van der Waals surface area contributed by atoms with E-state index in [-0.39, 0.29) is 5.91 Å². The number of benzene rings is 1. The van der Waals surface area contributed by atoms with Crippen molar-refractivity contribution in [1.82, 2.24) is 29.4 Å². The Hall–Kier alpha value is -2.80. The first-order chi connectivity index (χ1) is 14.0. The van der Waals surface area contributed by atoms with Crippen molar-refractivity contribution in [2.45, 2.75) is 34.1 Å². The number of carbonyl (C=O) groups is 1. The second-order valence-electron chi connectivity index (χ2n) is 7.77. The third-order valence-corrected chi connectivity index (χ3v) is 5.86. The molecule has 2 aromatic heterocycles. The molecule has 0 radical (unpaired) electrons. The van der Waals surface area contributed by atoms with Crippen molar-refractivity contribution >= 4 is 11.7 Å². The van der Waals surface area contributed by atoms with Gasteiger partial charge in [-0.25, -0.2) is 9.50 Å². The SMILES string of the molecule is CCN1CCN(C(=O)Cc2c(C)nc3nc(-c4ccc(C)cc4)nn3c2C)CC1. The van der Waals surface area contributed by atoms with E-state index in [1.807, 2.05) is 30.9 Å². The fraction of sp³-hybridized carbons (Fsp3) is 0.455. The van der Waals surface area contributed by atoms with Crippen molar-refractivity contribution in [3.05, 3.63) is 46.8 Å². The minimum Gasteiger partial charge on any atom is -0.340 e. The molecule has 1 fully saturated rings. The van der Waals surface area contributed by atoms with Crippen LogP contribution in [0.25, 0.3) is 17.2 Å². The summed E-state index contributed by atoms with van der Waals surface area (Å²) < 4.78 is 1.76. The van der Waals surface area contributed by atoms with Gasteiger partial charge in [-0.1, -0.05) is 36.8 Å². The van der Waals surface area contributed by atoms with Crippen molar-refractivity contribution in [3.63, 3.8) is 0 Å². The Bertz CT molecular complexity index is 1030. The number of piperazine rings is 1. The van der Waals surface area contributed by atoms with Crippen LogP contribution in [0.5, 0.6) is 0 Å².